The van der Waals surface area contributed by atoms with Crippen LogP contribution in [-0.2, 0) is 4.79 Å². The minimum absolute atomic E-state index is 0.0497. The number of hydrogen-bond acceptors (Lipinski definition) is 5. The number of nitrogens with two attached hydrogens (primary N) is 2. The Balaban J connectivity index is -0.000000360. The van der Waals surface area contributed by atoms with Crippen LogP contribution >= 0.6 is 0 Å². The van der Waals surface area contributed by atoms with Gasteiger partial charge in [-0.3, -0.25) is 4.79 Å². The average molecular weight is 433 g/mol. The Bertz CT molecular complexity index is 626. The highest BCUT2D eigenvalue weighted by atomic mass is 16.2. The van der Waals surface area contributed by atoms with E-state index in [9.17, 15) is 4.79 Å². The topological polar surface area (TPSA) is 106 Å². The highest BCUT2D eigenvalue weighted by Gasteiger charge is 2.08. The molecular formula is C26H44N2O3. The highest BCUT2D eigenvalue weighted by molar-refractivity contribution is 5.97. The molecule has 2 rings (SSSR count). The average Bonchev–Trinajstić information content (AvgIpc) is 2.77. The molecule has 2 aromatic carbocycles. The van der Waals surface area contributed by atoms with E-state index in [4.69, 9.17) is 21.4 Å². The maximum atomic E-state index is 11.4. The van der Waals surface area contributed by atoms with Crippen molar-refractivity contribution >= 4 is 23.4 Å². The van der Waals surface area contributed by atoms with Crippen molar-refractivity contribution in [2.24, 2.45) is 5.92 Å². The maximum absolute atomic E-state index is 11.4. The first-order chi connectivity index (χ1) is 14.7. The molecule has 0 aromatic heterocycles. The molecule has 0 amide bonds. The van der Waals surface area contributed by atoms with Crippen LogP contribution in [0.3, 0.4) is 0 Å². The predicted molar refractivity (Wildman–Crippen MR) is 135 cm³/mol. The molecule has 5 heteroatoms. The van der Waals surface area contributed by atoms with Crippen LogP contribution in [0.4, 0.5) is 11.4 Å². The molecule has 0 atom stereocenters. The normalized spacial score (nSPS) is 8.68. The van der Waals surface area contributed by atoms with Gasteiger partial charge in [-0.15, -0.1) is 0 Å². The maximum Gasteiger partial charge on any atom is 0.165 e. The second-order valence-electron chi connectivity index (χ2n) is 6.72. The Morgan fingerprint density at radius 1 is 0.935 bits per heavy atom. The quantitative estimate of drug-likeness (QED) is 0.229. The molecular weight excluding hydrogens is 388 g/mol. The third-order valence-electron chi connectivity index (χ3n) is 3.56. The van der Waals surface area contributed by atoms with Crippen molar-refractivity contribution in [2.45, 2.75) is 67.7 Å². The Kier molecular flexibility index (Phi) is 25.1. The SMILES string of the molecule is CC.CC(C)C(=O)c1ccc(N)cc1.CC=O.CCCCCO.Cc1ccc(N)cc1. The van der Waals surface area contributed by atoms with E-state index in [0.29, 0.717) is 12.3 Å². The van der Waals surface area contributed by atoms with Crippen LogP contribution in [-0.4, -0.2) is 23.8 Å². The molecule has 0 saturated carbocycles. The Labute approximate surface area is 189 Å². The van der Waals surface area contributed by atoms with E-state index in [0.717, 1.165) is 30.4 Å². The van der Waals surface area contributed by atoms with Crippen LogP contribution < -0.4 is 11.5 Å². The Hall–Kier alpha value is -2.66. The molecule has 0 radical (unpaired) electrons. The Morgan fingerprint density at radius 3 is 1.58 bits per heavy atom. The summed E-state index contributed by atoms with van der Waals surface area (Å²) in [6, 6.07) is 14.8. The van der Waals surface area contributed by atoms with Gasteiger partial charge in [0, 0.05) is 29.5 Å². The van der Waals surface area contributed by atoms with Crippen LogP contribution in [0.5, 0.6) is 0 Å². The number of rotatable bonds is 5. The van der Waals surface area contributed by atoms with Gasteiger partial charge in [0.25, 0.3) is 0 Å². The number of nitrogen functional groups attached to an aromatic ring is 2. The van der Waals surface area contributed by atoms with Gasteiger partial charge >= 0.3 is 0 Å². The lowest BCUT2D eigenvalue weighted by Crippen LogP contribution is -2.06. The van der Waals surface area contributed by atoms with Crippen LogP contribution in [0.15, 0.2) is 48.5 Å². The van der Waals surface area contributed by atoms with Crippen LogP contribution in [0.2, 0.25) is 0 Å². The molecule has 0 unspecified atom stereocenters. The van der Waals surface area contributed by atoms with Crippen molar-refractivity contribution in [2.75, 3.05) is 18.1 Å². The second kappa shape index (κ2) is 23.6. The summed E-state index contributed by atoms with van der Waals surface area (Å²) in [5, 5.41) is 8.20. The van der Waals surface area contributed by atoms with Gasteiger partial charge in [0.05, 0.1) is 0 Å². The third kappa shape index (κ3) is 21.9. The molecule has 5 nitrogen and oxygen atoms in total. The van der Waals surface area contributed by atoms with E-state index in [-0.39, 0.29) is 11.7 Å². The number of anilines is 2. The number of ketones is 1. The van der Waals surface area contributed by atoms with Crippen molar-refractivity contribution < 1.29 is 14.7 Å². The van der Waals surface area contributed by atoms with Crippen molar-refractivity contribution in [1.29, 1.82) is 0 Å². The van der Waals surface area contributed by atoms with Crippen molar-refractivity contribution in [1.82, 2.24) is 0 Å². The molecule has 0 aliphatic rings. The smallest absolute Gasteiger partial charge is 0.165 e. The number of aldehydes is 1. The first-order valence-corrected chi connectivity index (χ1v) is 11.0. The molecule has 5 N–H and O–H groups in total. The summed E-state index contributed by atoms with van der Waals surface area (Å²) in [5.74, 6) is 0.212. The van der Waals surface area contributed by atoms with Gasteiger partial charge in [0.1, 0.15) is 6.29 Å². The summed E-state index contributed by atoms with van der Waals surface area (Å²) in [4.78, 5) is 20.2. The fraction of sp³-hybridized carbons (Fsp3) is 0.462. The van der Waals surface area contributed by atoms with Gasteiger partial charge in [0.15, 0.2) is 5.78 Å². The van der Waals surface area contributed by atoms with E-state index < -0.39 is 0 Å². The minimum atomic E-state index is 0.0497. The van der Waals surface area contributed by atoms with Crippen molar-refractivity contribution in [3.63, 3.8) is 0 Å². The zero-order valence-electron chi connectivity index (χ0n) is 20.5. The summed E-state index contributed by atoms with van der Waals surface area (Å²) >= 11 is 0. The third-order valence-corrected chi connectivity index (χ3v) is 3.56. The molecule has 2 aromatic rings. The van der Waals surface area contributed by atoms with Gasteiger partial charge in [0.2, 0.25) is 0 Å². The molecule has 176 valence electrons. The van der Waals surface area contributed by atoms with Gasteiger partial charge < -0.3 is 21.4 Å². The first-order valence-electron chi connectivity index (χ1n) is 11.0. The lowest BCUT2D eigenvalue weighted by atomic mass is 10.0. The molecule has 0 aliphatic heterocycles. The largest absolute Gasteiger partial charge is 0.399 e. The van der Waals surface area contributed by atoms with Crippen molar-refractivity contribution in [3.05, 3.63) is 59.7 Å². The van der Waals surface area contributed by atoms with E-state index >= 15 is 0 Å². The number of carbonyl (C=O) groups is 2. The summed E-state index contributed by atoms with van der Waals surface area (Å²) in [5.41, 5.74) is 14.4. The lowest BCUT2D eigenvalue weighted by molar-refractivity contribution is -0.106. The van der Waals surface area contributed by atoms with Crippen LogP contribution in [0.1, 0.15) is 76.7 Å². The number of unbranched alkanes of at least 4 members (excludes halogenated alkanes) is 2. The van der Waals surface area contributed by atoms with E-state index in [1.54, 1.807) is 24.3 Å². The molecule has 0 bridgehead atoms. The fourth-order valence-electron chi connectivity index (χ4n) is 1.91. The van der Waals surface area contributed by atoms with Gasteiger partial charge in [-0.25, -0.2) is 0 Å². The molecule has 0 aliphatic carbocycles. The molecule has 0 saturated heterocycles. The number of carbonyl (C=O) groups excluding carboxylic acids is 2. The predicted octanol–water partition coefficient (Wildman–Crippen LogP) is 6.09. The Morgan fingerprint density at radius 2 is 1.32 bits per heavy atom. The van der Waals surface area contributed by atoms with Crippen LogP contribution in [0.25, 0.3) is 0 Å². The number of aliphatic hydroxyl groups excluding tert-OH is 1. The number of Topliss-reactive ketones (excluding diaryl/α,β-unsaturated/α-hetero) is 1. The van der Waals surface area contributed by atoms with Gasteiger partial charge in [-0.1, -0.05) is 65.2 Å². The highest BCUT2D eigenvalue weighted by Crippen LogP contribution is 2.10. The number of aryl methyl sites for hydroxylation is 1. The first kappa shape index (κ1) is 33.0. The van der Waals surface area contributed by atoms with Gasteiger partial charge in [-0.05, 0) is 56.7 Å². The number of aliphatic hydroxyl groups is 1. The lowest BCUT2D eigenvalue weighted by Gasteiger charge is -2.03. The molecule has 31 heavy (non-hydrogen) atoms. The second-order valence-corrected chi connectivity index (χ2v) is 6.72. The summed E-state index contributed by atoms with van der Waals surface area (Å²) in [7, 11) is 0. The molecule has 0 heterocycles. The molecule has 0 spiro atoms. The standard InChI is InChI=1S/C10H13NO.C7H9N.C5H12O.C2H4O.C2H6/c1-7(2)10(12)8-3-5-9(11)6-4-8;1-6-2-4-7(8)5-3-6;1-2-3-4-5-6;1-2-3;1-2/h3-7H,11H2,1-2H3;2-5H,8H2,1H3;6H,2-5H2,1H3;2H,1H3;1-2H3. The fourth-order valence-corrected chi connectivity index (χ4v) is 1.91. The number of hydrogen-bond donors (Lipinski definition) is 3. The summed E-state index contributed by atoms with van der Waals surface area (Å²) < 4.78 is 0. The van der Waals surface area contributed by atoms with E-state index in [1.165, 1.54) is 18.9 Å². The van der Waals surface area contributed by atoms with E-state index in [1.807, 2.05) is 58.9 Å². The van der Waals surface area contributed by atoms with Gasteiger partial charge in [-0.2, -0.15) is 0 Å². The molecule has 0 fully saturated rings. The summed E-state index contributed by atoms with van der Waals surface area (Å²) in [6.45, 7) is 13.7. The zero-order valence-corrected chi connectivity index (χ0v) is 20.5. The monoisotopic (exact) mass is 432 g/mol. The summed E-state index contributed by atoms with van der Waals surface area (Å²) in [6.07, 6.45) is 4.08. The van der Waals surface area contributed by atoms with Crippen molar-refractivity contribution in [3.8, 4) is 0 Å². The minimum Gasteiger partial charge on any atom is -0.399 e. The van der Waals surface area contributed by atoms with E-state index in [2.05, 4.69) is 6.92 Å². The van der Waals surface area contributed by atoms with Crippen LogP contribution in [0, 0.1) is 12.8 Å². The zero-order chi connectivity index (χ0) is 24.7. The number of benzene rings is 2.